The fraction of sp³-hybridized carbons (Fsp3) is 0.529. The van der Waals surface area contributed by atoms with Gasteiger partial charge in [-0.15, -0.1) is 12.4 Å². The molecule has 2 rings (SSSR count). The van der Waals surface area contributed by atoms with E-state index < -0.39 is 5.97 Å². The number of carboxylic acid groups (broad SMARTS) is 1. The summed E-state index contributed by atoms with van der Waals surface area (Å²) in [6.45, 7) is 3.01. The number of nitrogens with zero attached hydrogens (tertiary/aromatic N) is 2. The topological polar surface area (TPSA) is 71.4 Å². The van der Waals surface area contributed by atoms with E-state index in [1.165, 1.54) is 0 Å². The number of carboxylic acids is 1. The number of ether oxygens (including phenoxy) is 1. The van der Waals surface area contributed by atoms with Gasteiger partial charge < -0.3 is 14.7 Å². The molecule has 1 saturated heterocycles. The standard InChI is InChI=1S/C17H24N2O4.ClH/c1-22-13-16(14-6-3-2-4-7-14)18-23-11-10-19-9-5-8-15(12-19)17(20)21;/h2-4,6-7,15H,5,8-13H2,1H3,(H,20,21);1H. The number of oxime groups is 1. The summed E-state index contributed by atoms with van der Waals surface area (Å²) in [5.41, 5.74) is 1.72. The van der Waals surface area contributed by atoms with Gasteiger partial charge in [-0.3, -0.25) is 9.69 Å². The molecule has 0 saturated carbocycles. The lowest BCUT2D eigenvalue weighted by atomic mass is 9.98. The van der Waals surface area contributed by atoms with Crippen LogP contribution in [-0.2, 0) is 14.4 Å². The van der Waals surface area contributed by atoms with Crippen molar-refractivity contribution in [3.05, 3.63) is 35.9 Å². The van der Waals surface area contributed by atoms with Crippen molar-refractivity contribution in [1.82, 2.24) is 4.90 Å². The molecule has 6 nitrogen and oxygen atoms in total. The number of hydrogen-bond acceptors (Lipinski definition) is 5. The second-order valence-corrected chi connectivity index (χ2v) is 5.65. The number of rotatable bonds is 8. The molecule has 1 aliphatic rings. The van der Waals surface area contributed by atoms with E-state index in [0.29, 0.717) is 26.3 Å². The van der Waals surface area contributed by atoms with Gasteiger partial charge in [-0.25, -0.2) is 0 Å². The van der Waals surface area contributed by atoms with E-state index in [1.807, 2.05) is 30.3 Å². The minimum atomic E-state index is -0.708. The zero-order chi connectivity index (χ0) is 16.5. The molecule has 1 aliphatic heterocycles. The summed E-state index contributed by atoms with van der Waals surface area (Å²) < 4.78 is 5.16. The smallest absolute Gasteiger partial charge is 0.307 e. The molecular formula is C17H25ClN2O4. The Morgan fingerprint density at radius 1 is 1.38 bits per heavy atom. The highest BCUT2D eigenvalue weighted by Crippen LogP contribution is 2.16. The van der Waals surface area contributed by atoms with Crippen molar-refractivity contribution in [3.8, 4) is 0 Å². The fourth-order valence-corrected chi connectivity index (χ4v) is 2.68. The largest absolute Gasteiger partial charge is 0.481 e. The van der Waals surface area contributed by atoms with Crippen LogP contribution in [0, 0.1) is 5.92 Å². The first-order valence-corrected chi connectivity index (χ1v) is 7.89. The minimum absolute atomic E-state index is 0. The second-order valence-electron chi connectivity index (χ2n) is 5.65. The van der Waals surface area contributed by atoms with Gasteiger partial charge in [0.05, 0.1) is 12.5 Å². The quantitative estimate of drug-likeness (QED) is 0.439. The molecule has 0 aliphatic carbocycles. The summed E-state index contributed by atoms with van der Waals surface area (Å²) in [7, 11) is 1.62. The molecule has 1 atom stereocenters. The number of hydrogen-bond donors (Lipinski definition) is 1. The molecule has 1 N–H and O–H groups in total. The molecule has 1 heterocycles. The summed E-state index contributed by atoms with van der Waals surface area (Å²) in [5, 5.41) is 13.3. The van der Waals surface area contributed by atoms with Gasteiger partial charge in [0, 0.05) is 25.8 Å². The van der Waals surface area contributed by atoms with E-state index in [-0.39, 0.29) is 18.3 Å². The lowest BCUT2D eigenvalue weighted by molar-refractivity contribution is -0.143. The van der Waals surface area contributed by atoms with Crippen LogP contribution in [0.2, 0.25) is 0 Å². The van der Waals surface area contributed by atoms with Gasteiger partial charge in [-0.05, 0) is 19.4 Å². The van der Waals surface area contributed by atoms with Crippen LogP contribution in [0.3, 0.4) is 0 Å². The van der Waals surface area contributed by atoms with Crippen LogP contribution < -0.4 is 0 Å². The first kappa shape index (κ1) is 20.4. The van der Waals surface area contributed by atoms with Crippen LogP contribution in [0.1, 0.15) is 18.4 Å². The van der Waals surface area contributed by atoms with Crippen molar-refractivity contribution in [1.29, 1.82) is 0 Å². The number of benzene rings is 1. The molecule has 1 aromatic rings. The van der Waals surface area contributed by atoms with Gasteiger partial charge in [-0.2, -0.15) is 0 Å². The molecule has 1 unspecified atom stereocenters. The van der Waals surface area contributed by atoms with Crippen LogP contribution in [0.15, 0.2) is 35.5 Å². The van der Waals surface area contributed by atoms with Gasteiger partial charge in [0.25, 0.3) is 0 Å². The van der Waals surface area contributed by atoms with Gasteiger partial charge in [0.1, 0.15) is 12.3 Å². The van der Waals surface area contributed by atoms with Gasteiger partial charge in [0.2, 0.25) is 0 Å². The Morgan fingerprint density at radius 3 is 2.79 bits per heavy atom. The van der Waals surface area contributed by atoms with Crippen LogP contribution in [0.25, 0.3) is 0 Å². The first-order valence-electron chi connectivity index (χ1n) is 7.89. The Labute approximate surface area is 148 Å². The predicted molar refractivity (Wildman–Crippen MR) is 94.9 cm³/mol. The van der Waals surface area contributed by atoms with Crippen molar-refractivity contribution in [2.75, 3.05) is 40.0 Å². The summed E-state index contributed by atoms with van der Waals surface area (Å²) in [4.78, 5) is 18.6. The second kappa shape index (κ2) is 11.0. The first-order chi connectivity index (χ1) is 11.2. The summed E-state index contributed by atoms with van der Waals surface area (Å²) in [5.74, 6) is -0.972. The lowest BCUT2D eigenvalue weighted by Gasteiger charge is -2.29. The number of piperidine rings is 1. The number of halogens is 1. The monoisotopic (exact) mass is 356 g/mol. The molecule has 0 aromatic heterocycles. The molecule has 1 fully saturated rings. The summed E-state index contributed by atoms with van der Waals surface area (Å²) >= 11 is 0. The number of carbonyl (C=O) groups is 1. The maximum atomic E-state index is 11.1. The molecule has 1 aromatic carbocycles. The highest BCUT2D eigenvalue weighted by molar-refractivity contribution is 6.01. The van der Waals surface area contributed by atoms with E-state index in [1.54, 1.807) is 7.11 Å². The van der Waals surface area contributed by atoms with E-state index in [9.17, 15) is 4.79 Å². The van der Waals surface area contributed by atoms with E-state index in [2.05, 4.69) is 10.1 Å². The van der Waals surface area contributed by atoms with Gasteiger partial charge in [-0.1, -0.05) is 35.5 Å². The van der Waals surface area contributed by atoms with Crippen LogP contribution in [0.5, 0.6) is 0 Å². The van der Waals surface area contributed by atoms with E-state index >= 15 is 0 Å². The van der Waals surface area contributed by atoms with Gasteiger partial charge in [0.15, 0.2) is 0 Å². The third-order valence-electron chi connectivity index (χ3n) is 3.92. The van der Waals surface area contributed by atoms with E-state index in [4.69, 9.17) is 14.7 Å². The highest BCUT2D eigenvalue weighted by Gasteiger charge is 2.24. The average molecular weight is 357 g/mol. The molecule has 0 radical (unpaired) electrons. The van der Waals surface area contributed by atoms with Crippen LogP contribution in [-0.4, -0.2) is 61.6 Å². The molecule has 0 amide bonds. The fourth-order valence-electron chi connectivity index (χ4n) is 2.68. The Balaban J connectivity index is 0.00000288. The predicted octanol–water partition coefficient (Wildman–Crippen LogP) is 2.27. The molecule has 24 heavy (non-hydrogen) atoms. The molecular weight excluding hydrogens is 332 g/mol. The molecule has 0 spiro atoms. The van der Waals surface area contributed by atoms with Crippen molar-refractivity contribution >= 4 is 24.1 Å². The third kappa shape index (κ3) is 6.47. The Kier molecular flexibility index (Phi) is 9.37. The van der Waals surface area contributed by atoms with Gasteiger partial charge >= 0.3 is 5.97 Å². The highest BCUT2D eigenvalue weighted by atomic mass is 35.5. The molecule has 134 valence electrons. The van der Waals surface area contributed by atoms with Crippen molar-refractivity contribution in [2.45, 2.75) is 12.8 Å². The maximum absolute atomic E-state index is 11.1. The van der Waals surface area contributed by atoms with Crippen LogP contribution >= 0.6 is 12.4 Å². The number of aliphatic carboxylic acids is 1. The summed E-state index contributed by atoms with van der Waals surface area (Å²) in [6.07, 6.45) is 1.68. The zero-order valence-electron chi connectivity index (χ0n) is 13.9. The lowest BCUT2D eigenvalue weighted by Crippen LogP contribution is -2.40. The van der Waals surface area contributed by atoms with Crippen molar-refractivity contribution < 1.29 is 19.5 Å². The minimum Gasteiger partial charge on any atom is -0.481 e. The Hall–Kier alpha value is -1.63. The normalized spacial score (nSPS) is 18.7. The van der Waals surface area contributed by atoms with Crippen LogP contribution in [0.4, 0.5) is 0 Å². The average Bonchev–Trinajstić information content (AvgIpc) is 2.58. The number of methoxy groups -OCH3 is 1. The molecule has 7 heteroatoms. The Morgan fingerprint density at radius 2 is 2.12 bits per heavy atom. The van der Waals surface area contributed by atoms with Crippen molar-refractivity contribution in [2.24, 2.45) is 11.1 Å². The third-order valence-corrected chi connectivity index (χ3v) is 3.92. The zero-order valence-corrected chi connectivity index (χ0v) is 14.7. The Bertz CT molecular complexity index is 525. The maximum Gasteiger partial charge on any atom is 0.307 e. The molecule has 0 bridgehead atoms. The SMILES string of the molecule is COCC(=NOCCN1CCCC(C(=O)O)C1)c1ccccc1.Cl. The van der Waals surface area contributed by atoms with E-state index in [0.717, 1.165) is 30.7 Å². The van der Waals surface area contributed by atoms with Crippen molar-refractivity contribution in [3.63, 3.8) is 0 Å². The number of likely N-dealkylation sites (tertiary alicyclic amines) is 1. The summed E-state index contributed by atoms with van der Waals surface area (Å²) in [6, 6.07) is 9.76.